The van der Waals surface area contributed by atoms with Crippen LogP contribution in [0.25, 0.3) is 0 Å². The maximum Gasteiger partial charge on any atom is 0.119 e. The van der Waals surface area contributed by atoms with Crippen LogP contribution in [0.1, 0.15) is 29.7 Å². The Morgan fingerprint density at radius 2 is 1.82 bits per heavy atom. The molecule has 1 aliphatic heterocycles. The van der Waals surface area contributed by atoms with Gasteiger partial charge in [-0.15, -0.1) is 0 Å². The van der Waals surface area contributed by atoms with Crippen molar-refractivity contribution in [3.05, 3.63) is 64.2 Å². The lowest BCUT2D eigenvalue weighted by atomic mass is 9.96. The molecule has 0 saturated carbocycles. The van der Waals surface area contributed by atoms with Crippen LogP contribution in [0.5, 0.6) is 5.75 Å². The molecule has 0 radical (unpaired) electrons. The first-order valence-corrected chi connectivity index (χ1v) is 9.63. The molecule has 2 aromatic carbocycles. The molecular formula is C21H25ClO6. The summed E-state index contributed by atoms with van der Waals surface area (Å²) in [6.07, 6.45) is -5.09. The summed E-state index contributed by atoms with van der Waals surface area (Å²) < 4.78 is 11.1. The van der Waals surface area contributed by atoms with Crippen LogP contribution in [0.15, 0.2) is 42.5 Å². The van der Waals surface area contributed by atoms with E-state index in [1.165, 1.54) is 0 Å². The fraction of sp³-hybridized carbons (Fsp3) is 0.429. The van der Waals surface area contributed by atoms with E-state index in [-0.39, 0.29) is 0 Å². The number of rotatable bonds is 7. The lowest BCUT2D eigenvalue weighted by molar-refractivity contribution is -0.0820. The zero-order valence-electron chi connectivity index (χ0n) is 15.5. The minimum absolute atomic E-state index is 0.565. The Bertz CT molecular complexity index is 781. The molecule has 2 unspecified atom stereocenters. The maximum atomic E-state index is 10.3. The SMILES string of the molecule is CCOc1ccc(Cc2cc(C3OC([C@H](O)CO)[C@H](O)[C@H]3O)ccc2Cl)cc1. The summed E-state index contributed by atoms with van der Waals surface area (Å²) in [5.41, 5.74) is 2.54. The summed E-state index contributed by atoms with van der Waals surface area (Å²) in [5.74, 6) is 0.802. The summed E-state index contributed by atoms with van der Waals surface area (Å²) in [5, 5.41) is 40.0. The number of aliphatic hydroxyl groups is 4. The number of benzene rings is 2. The first kappa shape index (κ1) is 21.0. The highest BCUT2D eigenvalue weighted by molar-refractivity contribution is 6.31. The van der Waals surface area contributed by atoms with Crippen molar-refractivity contribution in [3.8, 4) is 5.75 Å². The second-order valence-corrected chi connectivity index (χ2v) is 7.26. The van der Waals surface area contributed by atoms with Crippen molar-refractivity contribution < 1.29 is 29.9 Å². The van der Waals surface area contributed by atoms with Crippen molar-refractivity contribution in [2.24, 2.45) is 0 Å². The Balaban J connectivity index is 1.79. The van der Waals surface area contributed by atoms with E-state index in [0.29, 0.717) is 23.6 Å². The zero-order chi connectivity index (χ0) is 20.3. The maximum absolute atomic E-state index is 10.3. The number of hydrogen-bond donors (Lipinski definition) is 4. The van der Waals surface area contributed by atoms with E-state index in [2.05, 4.69) is 0 Å². The van der Waals surface area contributed by atoms with E-state index in [1.807, 2.05) is 37.3 Å². The van der Waals surface area contributed by atoms with Gasteiger partial charge in [0.05, 0.1) is 13.2 Å². The van der Waals surface area contributed by atoms with Crippen molar-refractivity contribution in [2.75, 3.05) is 13.2 Å². The van der Waals surface area contributed by atoms with Gasteiger partial charge in [0, 0.05) is 5.02 Å². The lowest BCUT2D eigenvalue weighted by Gasteiger charge is -2.19. The van der Waals surface area contributed by atoms with E-state index < -0.39 is 37.1 Å². The van der Waals surface area contributed by atoms with Crippen molar-refractivity contribution in [1.29, 1.82) is 0 Å². The largest absolute Gasteiger partial charge is 0.494 e. The third kappa shape index (κ3) is 4.49. The highest BCUT2D eigenvalue weighted by Crippen LogP contribution is 2.36. The van der Waals surface area contributed by atoms with Gasteiger partial charge in [-0.25, -0.2) is 0 Å². The Kier molecular flexibility index (Phi) is 6.93. The third-order valence-electron chi connectivity index (χ3n) is 4.89. The van der Waals surface area contributed by atoms with Crippen LogP contribution in [0.4, 0.5) is 0 Å². The van der Waals surface area contributed by atoms with Crippen LogP contribution in [-0.4, -0.2) is 58.1 Å². The van der Waals surface area contributed by atoms with Gasteiger partial charge in [0.15, 0.2) is 0 Å². The molecule has 1 heterocycles. The molecule has 1 aliphatic rings. The Morgan fingerprint density at radius 3 is 2.46 bits per heavy atom. The van der Waals surface area contributed by atoms with Gasteiger partial charge in [-0.2, -0.15) is 0 Å². The molecule has 2 aromatic rings. The fourth-order valence-electron chi connectivity index (χ4n) is 3.40. The molecule has 6 nitrogen and oxygen atoms in total. The molecule has 7 heteroatoms. The molecule has 5 atom stereocenters. The number of ether oxygens (including phenoxy) is 2. The smallest absolute Gasteiger partial charge is 0.119 e. The molecule has 4 N–H and O–H groups in total. The Hall–Kier alpha value is -1.67. The molecule has 28 heavy (non-hydrogen) atoms. The van der Waals surface area contributed by atoms with Crippen LogP contribution in [-0.2, 0) is 11.2 Å². The highest BCUT2D eigenvalue weighted by Gasteiger charge is 2.46. The molecule has 3 rings (SSSR count). The zero-order valence-corrected chi connectivity index (χ0v) is 16.3. The standard InChI is InChI=1S/C21H25ClO6/c1-2-27-15-6-3-12(4-7-15)9-14-10-13(5-8-16(14)22)20-18(25)19(26)21(28-20)17(24)11-23/h3-8,10,17-21,23-26H,2,9,11H2,1H3/t17-,18-,19-,20?,21?/m1/s1. The highest BCUT2D eigenvalue weighted by atomic mass is 35.5. The molecule has 0 aromatic heterocycles. The van der Waals surface area contributed by atoms with Gasteiger partial charge in [0.25, 0.3) is 0 Å². The average molecular weight is 409 g/mol. The number of halogens is 1. The van der Waals surface area contributed by atoms with Gasteiger partial charge in [-0.3, -0.25) is 0 Å². The number of aliphatic hydroxyl groups excluding tert-OH is 4. The van der Waals surface area contributed by atoms with Crippen LogP contribution in [0.2, 0.25) is 5.02 Å². The topological polar surface area (TPSA) is 99.4 Å². The minimum Gasteiger partial charge on any atom is -0.494 e. The van der Waals surface area contributed by atoms with Crippen molar-refractivity contribution in [3.63, 3.8) is 0 Å². The van der Waals surface area contributed by atoms with E-state index in [4.69, 9.17) is 26.2 Å². The van der Waals surface area contributed by atoms with E-state index in [1.54, 1.807) is 12.1 Å². The van der Waals surface area contributed by atoms with Gasteiger partial charge in [-0.1, -0.05) is 35.9 Å². The average Bonchev–Trinajstić information content (AvgIpc) is 3.00. The van der Waals surface area contributed by atoms with Crippen LogP contribution >= 0.6 is 11.6 Å². The van der Waals surface area contributed by atoms with Crippen LogP contribution in [0, 0.1) is 0 Å². The van der Waals surface area contributed by atoms with Gasteiger partial charge in [0.2, 0.25) is 0 Å². The molecule has 1 saturated heterocycles. The summed E-state index contributed by atoms with van der Waals surface area (Å²) in [7, 11) is 0. The second-order valence-electron chi connectivity index (χ2n) is 6.86. The summed E-state index contributed by atoms with van der Waals surface area (Å²) in [4.78, 5) is 0. The van der Waals surface area contributed by atoms with E-state index >= 15 is 0 Å². The van der Waals surface area contributed by atoms with E-state index in [0.717, 1.165) is 16.9 Å². The van der Waals surface area contributed by atoms with Crippen molar-refractivity contribution in [2.45, 2.75) is 43.9 Å². The molecule has 0 amide bonds. The van der Waals surface area contributed by atoms with E-state index in [9.17, 15) is 15.3 Å². The van der Waals surface area contributed by atoms with Crippen molar-refractivity contribution >= 4 is 11.6 Å². The number of hydrogen-bond acceptors (Lipinski definition) is 6. The van der Waals surface area contributed by atoms with Crippen molar-refractivity contribution in [1.82, 2.24) is 0 Å². The predicted molar refractivity (Wildman–Crippen MR) is 105 cm³/mol. The van der Waals surface area contributed by atoms with Gasteiger partial charge < -0.3 is 29.9 Å². The fourth-order valence-corrected chi connectivity index (χ4v) is 3.58. The first-order valence-electron chi connectivity index (χ1n) is 9.25. The van der Waals surface area contributed by atoms with Gasteiger partial charge >= 0.3 is 0 Å². The lowest BCUT2D eigenvalue weighted by Crippen LogP contribution is -2.40. The predicted octanol–water partition coefficient (Wildman–Crippen LogP) is 1.84. The van der Waals surface area contributed by atoms with Crippen LogP contribution in [0.3, 0.4) is 0 Å². The Morgan fingerprint density at radius 1 is 1.11 bits per heavy atom. The molecular weight excluding hydrogens is 384 g/mol. The van der Waals surface area contributed by atoms with Gasteiger partial charge in [0.1, 0.15) is 36.3 Å². The molecule has 152 valence electrons. The first-order chi connectivity index (χ1) is 13.4. The van der Waals surface area contributed by atoms with Crippen LogP contribution < -0.4 is 4.74 Å². The molecule has 0 bridgehead atoms. The quantitative estimate of drug-likeness (QED) is 0.558. The Labute approximate surface area is 168 Å². The molecule has 0 spiro atoms. The third-order valence-corrected chi connectivity index (χ3v) is 5.26. The summed E-state index contributed by atoms with van der Waals surface area (Å²) in [6, 6.07) is 13.0. The summed E-state index contributed by atoms with van der Waals surface area (Å²) >= 11 is 6.35. The monoisotopic (exact) mass is 408 g/mol. The second kappa shape index (κ2) is 9.22. The molecule has 0 aliphatic carbocycles. The molecule has 1 fully saturated rings. The normalized spacial score (nSPS) is 25.6. The summed E-state index contributed by atoms with van der Waals surface area (Å²) in [6.45, 7) is 1.97. The minimum atomic E-state index is -1.29. The van der Waals surface area contributed by atoms with Gasteiger partial charge in [-0.05, 0) is 48.2 Å².